The van der Waals surface area contributed by atoms with Gasteiger partial charge in [-0.2, -0.15) is 8.42 Å². The second-order valence-electron chi connectivity index (χ2n) is 2.27. The number of benzene rings is 1. The third-order valence-corrected chi connectivity index (χ3v) is 1.80. The topological polar surface area (TPSA) is 104 Å². The normalized spacial score (nSPS) is 10.9. The number of hydrogen-bond acceptors (Lipinski definition) is 4. The van der Waals surface area contributed by atoms with Gasteiger partial charge in [0.05, 0.1) is 11.4 Å². The molecule has 72 valence electrons. The Labute approximate surface area is 75.6 Å². The van der Waals surface area contributed by atoms with Gasteiger partial charge in [-0.3, -0.25) is 15.1 Å². The number of nitrogens with two attached hydrogens (primary N) is 1. The Hall–Kier alpha value is -1.31. The lowest BCUT2D eigenvalue weighted by Crippen LogP contribution is -2.14. The molecule has 5 N–H and O–H groups in total. The molecule has 0 aromatic heterocycles. The minimum atomic E-state index is -4.26. The average Bonchev–Trinajstić information content (AvgIpc) is 2.02. The number of rotatable bonds is 3. The van der Waals surface area contributed by atoms with Gasteiger partial charge in [0.25, 0.3) is 0 Å². The van der Waals surface area contributed by atoms with Crippen LogP contribution in [-0.2, 0) is 10.3 Å². The predicted molar refractivity (Wildman–Crippen MR) is 49.4 cm³/mol. The number of para-hydroxylation sites is 2. The first-order chi connectivity index (χ1) is 6.03. The molecule has 0 aliphatic rings. The van der Waals surface area contributed by atoms with Crippen LogP contribution < -0.4 is 16.0 Å². The monoisotopic (exact) mass is 203 g/mol. The second-order valence-corrected chi connectivity index (χ2v) is 3.42. The lowest BCUT2D eigenvalue weighted by molar-refractivity contribution is 0.490. The summed E-state index contributed by atoms with van der Waals surface area (Å²) in [7, 11) is -4.26. The van der Waals surface area contributed by atoms with Crippen molar-refractivity contribution in [2.75, 3.05) is 10.1 Å². The summed E-state index contributed by atoms with van der Waals surface area (Å²) in [6, 6.07) is 6.30. The molecule has 1 aromatic rings. The molecule has 0 bridgehead atoms. The van der Waals surface area contributed by atoms with Crippen molar-refractivity contribution in [1.82, 2.24) is 0 Å². The average molecular weight is 203 g/mol. The molecule has 1 aromatic carbocycles. The molecule has 0 spiro atoms. The van der Waals surface area contributed by atoms with Crippen LogP contribution in [0.4, 0.5) is 11.4 Å². The Kier molecular flexibility index (Phi) is 2.71. The zero-order chi connectivity index (χ0) is 9.90. The molecule has 6 nitrogen and oxygen atoms in total. The van der Waals surface area contributed by atoms with Gasteiger partial charge in [-0.1, -0.05) is 12.1 Å². The van der Waals surface area contributed by atoms with E-state index in [1.54, 1.807) is 18.2 Å². The smallest absolute Gasteiger partial charge is 0.322 e. The molecule has 0 fully saturated rings. The SMILES string of the molecule is NNc1ccccc1NS(=O)(=O)O. The summed E-state index contributed by atoms with van der Waals surface area (Å²) in [5.74, 6) is 5.10. The van der Waals surface area contributed by atoms with E-state index >= 15 is 0 Å². The van der Waals surface area contributed by atoms with E-state index in [1.165, 1.54) is 6.07 Å². The molecule has 0 unspecified atom stereocenters. The molecule has 0 aliphatic heterocycles. The van der Waals surface area contributed by atoms with Crippen molar-refractivity contribution in [3.63, 3.8) is 0 Å². The van der Waals surface area contributed by atoms with Crippen LogP contribution in [0, 0.1) is 0 Å². The van der Waals surface area contributed by atoms with Crippen molar-refractivity contribution in [1.29, 1.82) is 0 Å². The van der Waals surface area contributed by atoms with Crippen molar-refractivity contribution in [3.05, 3.63) is 24.3 Å². The van der Waals surface area contributed by atoms with Gasteiger partial charge < -0.3 is 5.43 Å². The van der Waals surface area contributed by atoms with E-state index in [4.69, 9.17) is 10.4 Å². The molecule has 0 heterocycles. The fraction of sp³-hybridized carbons (Fsp3) is 0. The minimum Gasteiger partial charge on any atom is -0.322 e. The van der Waals surface area contributed by atoms with E-state index in [1.807, 2.05) is 4.72 Å². The van der Waals surface area contributed by atoms with Crippen molar-refractivity contribution in [2.24, 2.45) is 5.84 Å². The van der Waals surface area contributed by atoms with Gasteiger partial charge in [-0.05, 0) is 12.1 Å². The van der Waals surface area contributed by atoms with Crippen molar-refractivity contribution < 1.29 is 13.0 Å². The fourth-order valence-corrected chi connectivity index (χ4v) is 1.29. The Morgan fingerprint density at radius 1 is 1.23 bits per heavy atom. The lowest BCUT2D eigenvalue weighted by atomic mass is 10.3. The highest BCUT2D eigenvalue weighted by Crippen LogP contribution is 2.19. The summed E-state index contributed by atoms with van der Waals surface area (Å²) in [6.07, 6.45) is 0. The van der Waals surface area contributed by atoms with E-state index in [9.17, 15) is 8.42 Å². The molecule has 0 saturated heterocycles. The first kappa shape index (κ1) is 9.78. The Morgan fingerprint density at radius 2 is 1.77 bits per heavy atom. The summed E-state index contributed by atoms with van der Waals surface area (Å²) in [6.45, 7) is 0. The molecule has 0 saturated carbocycles. The molecule has 0 aliphatic carbocycles. The second kappa shape index (κ2) is 3.60. The van der Waals surface area contributed by atoms with Gasteiger partial charge in [0.2, 0.25) is 0 Å². The van der Waals surface area contributed by atoms with E-state index in [-0.39, 0.29) is 5.69 Å². The Bertz CT molecular complexity index is 390. The quantitative estimate of drug-likeness (QED) is 0.319. The van der Waals surface area contributed by atoms with E-state index in [2.05, 4.69) is 5.43 Å². The van der Waals surface area contributed by atoms with Crippen LogP contribution in [0.5, 0.6) is 0 Å². The van der Waals surface area contributed by atoms with Crippen LogP contribution in [0.25, 0.3) is 0 Å². The van der Waals surface area contributed by atoms with Crippen LogP contribution >= 0.6 is 0 Å². The number of nitrogen functional groups attached to an aromatic ring is 1. The highest BCUT2D eigenvalue weighted by Gasteiger charge is 2.06. The van der Waals surface area contributed by atoms with Crippen LogP contribution in [0.3, 0.4) is 0 Å². The van der Waals surface area contributed by atoms with Crippen LogP contribution in [-0.4, -0.2) is 13.0 Å². The number of nitrogens with one attached hydrogen (secondary N) is 2. The van der Waals surface area contributed by atoms with Gasteiger partial charge >= 0.3 is 10.3 Å². The van der Waals surface area contributed by atoms with Gasteiger partial charge in [0.15, 0.2) is 0 Å². The summed E-state index contributed by atoms with van der Waals surface area (Å²) in [4.78, 5) is 0. The summed E-state index contributed by atoms with van der Waals surface area (Å²) in [5, 5.41) is 0. The van der Waals surface area contributed by atoms with Gasteiger partial charge in [-0.15, -0.1) is 0 Å². The zero-order valence-corrected chi connectivity index (χ0v) is 7.38. The number of anilines is 2. The van der Waals surface area contributed by atoms with Crippen LogP contribution in [0.15, 0.2) is 24.3 Å². The maximum absolute atomic E-state index is 10.4. The zero-order valence-electron chi connectivity index (χ0n) is 6.56. The highest BCUT2D eigenvalue weighted by atomic mass is 32.2. The standard InChI is InChI=1S/C6H9N3O3S/c7-8-5-3-1-2-4-6(5)9-13(10,11)12/h1-4,8-9H,7H2,(H,10,11,12). The van der Waals surface area contributed by atoms with Crippen LogP contribution in [0.1, 0.15) is 0 Å². The number of hydrogen-bond donors (Lipinski definition) is 4. The highest BCUT2D eigenvalue weighted by molar-refractivity contribution is 7.87. The Morgan fingerprint density at radius 3 is 2.23 bits per heavy atom. The van der Waals surface area contributed by atoms with E-state index < -0.39 is 10.3 Å². The first-order valence-corrected chi connectivity index (χ1v) is 4.78. The molecule has 13 heavy (non-hydrogen) atoms. The molecular weight excluding hydrogens is 194 g/mol. The van der Waals surface area contributed by atoms with Gasteiger partial charge in [0.1, 0.15) is 0 Å². The van der Waals surface area contributed by atoms with Gasteiger partial charge in [0, 0.05) is 0 Å². The minimum absolute atomic E-state index is 0.188. The molecule has 7 heteroatoms. The molecule has 1 rings (SSSR count). The maximum Gasteiger partial charge on any atom is 0.357 e. The molecular formula is C6H9N3O3S. The number of hydrazine groups is 1. The summed E-state index contributed by atoms with van der Waals surface area (Å²) >= 11 is 0. The maximum atomic E-state index is 10.4. The third kappa shape index (κ3) is 2.90. The Balaban J connectivity index is 3.01. The summed E-state index contributed by atoms with van der Waals surface area (Å²) in [5.41, 5.74) is 2.84. The summed E-state index contributed by atoms with van der Waals surface area (Å²) < 4.78 is 31.3. The van der Waals surface area contributed by atoms with Crippen LogP contribution in [0.2, 0.25) is 0 Å². The van der Waals surface area contributed by atoms with Crippen molar-refractivity contribution in [3.8, 4) is 0 Å². The molecule has 0 amide bonds. The van der Waals surface area contributed by atoms with Crippen molar-refractivity contribution >= 4 is 21.7 Å². The molecule has 0 radical (unpaired) electrons. The lowest BCUT2D eigenvalue weighted by Gasteiger charge is -2.07. The third-order valence-electron chi connectivity index (χ3n) is 1.32. The largest absolute Gasteiger partial charge is 0.357 e. The van der Waals surface area contributed by atoms with Gasteiger partial charge in [-0.25, -0.2) is 0 Å². The van der Waals surface area contributed by atoms with E-state index in [0.29, 0.717) is 5.69 Å². The fourth-order valence-electron chi connectivity index (χ4n) is 0.837. The first-order valence-electron chi connectivity index (χ1n) is 3.34. The molecule has 0 atom stereocenters. The van der Waals surface area contributed by atoms with E-state index in [0.717, 1.165) is 0 Å². The van der Waals surface area contributed by atoms with Crippen molar-refractivity contribution in [2.45, 2.75) is 0 Å². The predicted octanol–water partition coefficient (Wildman–Crippen LogP) is 0.187.